The zero-order valence-electron chi connectivity index (χ0n) is 14.3. The molecular weight excluding hydrogens is 356 g/mol. The van der Waals surface area contributed by atoms with E-state index in [-0.39, 0.29) is 12.5 Å². The first-order valence-electron chi connectivity index (χ1n) is 8.02. The summed E-state index contributed by atoms with van der Waals surface area (Å²) in [4.78, 5) is 16.6. The fourth-order valence-corrected chi connectivity index (χ4v) is 3.69. The van der Waals surface area contributed by atoms with Crippen molar-refractivity contribution in [2.75, 3.05) is 11.9 Å². The molecule has 0 aliphatic rings. The van der Waals surface area contributed by atoms with Crippen molar-refractivity contribution in [2.45, 2.75) is 26.7 Å². The Bertz CT molecular complexity index is 921. The van der Waals surface area contributed by atoms with Crippen LogP contribution in [-0.4, -0.2) is 17.5 Å². The summed E-state index contributed by atoms with van der Waals surface area (Å²) in [5.41, 5.74) is 2.89. The second-order valence-corrected chi connectivity index (χ2v) is 7.58. The van der Waals surface area contributed by atoms with Crippen LogP contribution in [0.15, 0.2) is 36.4 Å². The molecule has 1 aromatic heterocycles. The smallest absolute Gasteiger partial charge is 0.264 e. The van der Waals surface area contributed by atoms with Crippen LogP contribution in [0.4, 0.5) is 5.13 Å². The van der Waals surface area contributed by atoms with E-state index in [0.29, 0.717) is 21.6 Å². The zero-order chi connectivity index (χ0) is 18.0. The van der Waals surface area contributed by atoms with Gasteiger partial charge in [0.05, 0.1) is 9.72 Å². The van der Waals surface area contributed by atoms with Crippen LogP contribution in [0.1, 0.15) is 30.9 Å². The van der Waals surface area contributed by atoms with E-state index >= 15 is 0 Å². The number of ether oxygens (including phenoxy) is 1. The molecule has 1 amide bonds. The lowest BCUT2D eigenvalue weighted by Gasteiger charge is -2.14. The molecule has 1 N–H and O–H groups in total. The van der Waals surface area contributed by atoms with Gasteiger partial charge in [-0.1, -0.05) is 55.0 Å². The Morgan fingerprint density at radius 1 is 1.32 bits per heavy atom. The predicted molar refractivity (Wildman–Crippen MR) is 104 cm³/mol. The molecule has 2 aromatic carbocycles. The molecule has 0 aliphatic heterocycles. The van der Waals surface area contributed by atoms with Gasteiger partial charge in [0.2, 0.25) is 0 Å². The molecule has 0 saturated carbocycles. The van der Waals surface area contributed by atoms with Gasteiger partial charge in [-0.05, 0) is 42.2 Å². The number of carbonyl (C=O) groups excluding carboxylic acids is 1. The van der Waals surface area contributed by atoms with Crippen LogP contribution < -0.4 is 10.1 Å². The number of hydrogen-bond donors (Lipinski definition) is 1. The first-order chi connectivity index (χ1) is 11.9. The minimum absolute atomic E-state index is 0.0627. The number of benzene rings is 2. The van der Waals surface area contributed by atoms with E-state index in [4.69, 9.17) is 16.3 Å². The first-order valence-corrected chi connectivity index (χ1v) is 9.21. The number of fused-ring (bicyclic) bond motifs is 1. The van der Waals surface area contributed by atoms with Gasteiger partial charge >= 0.3 is 0 Å². The lowest BCUT2D eigenvalue weighted by Crippen LogP contribution is -2.20. The second kappa shape index (κ2) is 7.42. The number of para-hydroxylation sites is 1. The van der Waals surface area contributed by atoms with E-state index < -0.39 is 0 Å². The highest BCUT2D eigenvalue weighted by Crippen LogP contribution is 2.31. The fourth-order valence-electron chi connectivity index (χ4n) is 2.51. The summed E-state index contributed by atoms with van der Waals surface area (Å²) in [6.45, 7) is 6.14. The molecule has 0 unspecified atom stereocenters. The van der Waals surface area contributed by atoms with Crippen molar-refractivity contribution in [2.24, 2.45) is 0 Å². The Hall–Kier alpha value is -2.11. The van der Waals surface area contributed by atoms with Gasteiger partial charge in [-0.3, -0.25) is 10.1 Å². The van der Waals surface area contributed by atoms with Gasteiger partial charge in [-0.15, -0.1) is 0 Å². The fraction of sp³-hybridized carbons (Fsp3) is 0.263. The van der Waals surface area contributed by atoms with Crippen molar-refractivity contribution in [3.63, 3.8) is 0 Å². The highest BCUT2D eigenvalue weighted by molar-refractivity contribution is 7.22. The number of nitrogens with zero attached hydrogens (tertiary/aromatic N) is 1. The third-order valence-corrected chi connectivity index (χ3v) is 5.01. The first kappa shape index (κ1) is 17.7. The molecule has 0 bridgehead atoms. The second-order valence-electron chi connectivity index (χ2n) is 6.14. The molecule has 25 heavy (non-hydrogen) atoms. The van der Waals surface area contributed by atoms with Crippen LogP contribution in [0.3, 0.4) is 0 Å². The Kier molecular flexibility index (Phi) is 5.25. The lowest BCUT2D eigenvalue weighted by atomic mass is 10.0. The number of halogens is 1. The Morgan fingerprint density at radius 2 is 2.12 bits per heavy atom. The van der Waals surface area contributed by atoms with E-state index in [2.05, 4.69) is 24.1 Å². The molecule has 1 heterocycles. The van der Waals surface area contributed by atoms with Crippen LogP contribution in [0.25, 0.3) is 10.2 Å². The summed E-state index contributed by atoms with van der Waals surface area (Å²) in [6, 6.07) is 11.6. The number of amides is 1. The minimum Gasteiger partial charge on any atom is -0.483 e. The number of anilines is 1. The molecule has 0 radical (unpaired) electrons. The number of rotatable bonds is 5. The summed E-state index contributed by atoms with van der Waals surface area (Å²) in [7, 11) is 0. The molecule has 130 valence electrons. The number of hydrogen-bond acceptors (Lipinski definition) is 4. The van der Waals surface area contributed by atoms with Crippen molar-refractivity contribution in [3.8, 4) is 5.75 Å². The van der Waals surface area contributed by atoms with Crippen molar-refractivity contribution in [3.05, 3.63) is 52.5 Å². The van der Waals surface area contributed by atoms with Crippen LogP contribution in [-0.2, 0) is 4.79 Å². The maximum absolute atomic E-state index is 12.2. The molecule has 0 atom stereocenters. The quantitative estimate of drug-likeness (QED) is 0.650. The minimum atomic E-state index is -0.244. The van der Waals surface area contributed by atoms with Crippen molar-refractivity contribution in [1.82, 2.24) is 4.98 Å². The maximum atomic E-state index is 12.2. The lowest BCUT2D eigenvalue weighted by molar-refractivity contribution is -0.118. The molecular formula is C19H19ClN2O2S. The largest absolute Gasteiger partial charge is 0.483 e. The Labute approximate surface area is 155 Å². The Balaban J connectivity index is 1.69. The monoisotopic (exact) mass is 374 g/mol. The molecule has 3 rings (SSSR count). The van der Waals surface area contributed by atoms with Crippen LogP contribution >= 0.6 is 22.9 Å². The van der Waals surface area contributed by atoms with Gasteiger partial charge in [0, 0.05) is 0 Å². The predicted octanol–water partition coefficient (Wildman–Crippen LogP) is 5.40. The van der Waals surface area contributed by atoms with E-state index in [9.17, 15) is 4.79 Å². The topological polar surface area (TPSA) is 51.2 Å². The van der Waals surface area contributed by atoms with Gasteiger partial charge in [0.25, 0.3) is 5.91 Å². The zero-order valence-corrected chi connectivity index (χ0v) is 15.9. The summed E-state index contributed by atoms with van der Waals surface area (Å²) in [6.07, 6.45) is 0. The highest BCUT2D eigenvalue weighted by atomic mass is 35.5. The summed E-state index contributed by atoms with van der Waals surface area (Å²) >= 11 is 7.51. The number of aromatic nitrogens is 1. The maximum Gasteiger partial charge on any atom is 0.264 e. The van der Waals surface area contributed by atoms with E-state index in [1.54, 1.807) is 6.07 Å². The summed E-state index contributed by atoms with van der Waals surface area (Å²) < 4.78 is 6.68. The van der Waals surface area contributed by atoms with Crippen LogP contribution in [0, 0.1) is 6.92 Å². The van der Waals surface area contributed by atoms with Gasteiger partial charge in [-0.2, -0.15) is 0 Å². The number of thiazole rings is 1. The molecule has 0 spiro atoms. The number of nitrogens with one attached hydrogen (secondary N) is 1. The normalized spacial score (nSPS) is 11.1. The van der Waals surface area contributed by atoms with E-state index in [1.807, 2.05) is 37.3 Å². The SMILES string of the molecule is Cc1ccc(C(C)C)c(OCC(=O)Nc2nc3c(Cl)cccc3s2)c1. The summed E-state index contributed by atoms with van der Waals surface area (Å²) in [5, 5.41) is 3.87. The number of aryl methyl sites for hydroxylation is 1. The van der Waals surface area contributed by atoms with Gasteiger partial charge in [0.15, 0.2) is 11.7 Å². The van der Waals surface area contributed by atoms with Crippen LogP contribution in [0.5, 0.6) is 5.75 Å². The van der Waals surface area contributed by atoms with Gasteiger partial charge in [0.1, 0.15) is 11.3 Å². The molecule has 6 heteroatoms. The molecule has 0 fully saturated rings. The van der Waals surface area contributed by atoms with Gasteiger partial charge in [-0.25, -0.2) is 4.98 Å². The summed E-state index contributed by atoms with van der Waals surface area (Å²) in [5.74, 6) is 0.828. The standard InChI is InChI=1S/C19H19ClN2O2S/c1-11(2)13-8-7-12(3)9-15(13)24-10-17(23)21-19-22-18-14(20)5-4-6-16(18)25-19/h4-9,11H,10H2,1-3H3,(H,21,22,23). The molecule has 4 nitrogen and oxygen atoms in total. The number of carbonyl (C=O) groups is 1. The highest BCUT2D eigenvalue weighted by Gasteiger charge is 2.13. The molecule has 3 aromatic rings. The van der Waals surface area contributed by atoms with E-state index in [0.717, 1.165) is 21.6 Å². The van der Waals surface area contributed by atoms with E-state index in [1.165, 1.54) is 11.3 Å². The van der Waals surface area contributed by atoms with Crippen LogP contribution in [0.2, 0.25) is 5.02 Å². The molecule has 0 aliphatic carbocycles. The van der Waals surface area contributed by atoms with Crippen molar-refractivity contribution >= 4 is 44.2 Å². The molecule has 0 saturated heterocycles. The van der Waals surface area contributed by atoms with Crippen molar-refractivity contribution in [1.29, 1.82) is 0 Å². The average molecular weight is 375 g/mol. The third kappa shape index (κ3) is 4.11. The Morgan fingerprint density at radius 3 is 2.84 bits per heavy atom. The average Bonchev–Trinajstić information content (AvgIpc) is 2.96. The van der Waals surface area contributed by atoms with Gasteiger partial charge < -0.3 is 4.74 Å². The van der Waals surface area contributed by atoms with Crippen molar-refractivity contribution < 1.29 is 9.53 Å². The third-order valence-electron chi connectivity index (χ3n) is 3.77.